The largest absolute Gasteiger partial charge is 0.478 e. The van der Waals surface area contributed by atoms with Gasteiger partial charge in [0.15, 0.2) is 0 Å². The van der Waals surface area contributed by atoms with Crippen LogP contribution in [0.25, 0.3) is 27.6 Å². The first-order chi connectivity index (χ1) is 10.3. The Bertz CT molecular complexity index is 1100. The number of carbonyl (C=O) groups is 1. The van der Waals surface area contributed by atoms with E-state index < -0.39 is 28.5 Å². The van der Waals surface area contributed by atoms with Crippen LogP contribution in [0.1, 0.15) is 12.5 Å². The highest BCUT2D eigenvalue weighted by Crippen LogP contribution is 2.24. The van der Waals surface area contributed by atoms with Gasteiger partial charge in [-0.2, -0.15) is 0 Å². The summed E-state index contributed by atoms with van der Waals surface area (Å²) in [5.74, 6) is -1.29. The van der Waals surface area contributed by atoms with Gasteiger partial charge in [0.25, 0.3) is 0 Å². The zero-order valence-electron chi connectivity index (χ0n) is 11.0. The molecule has 2 aromatic heterocycles. The van der Waals surface area contributed by atoms with Crippen LogP contribution in [0.3, 0.4) is 0 Å². The molecule has 0 spiro atoms. The molecule has 110 valence electrons. The van der Waals surface area contributed by atoms with Gasteiger partial charge in [-0.3, -0.25) is 0 Å². The van der Waals surface area contributed by atoms with Gasteiger partial charge in [-0.25, -0.2) is 24.0 Å². The smallest absolute Gasteiger partial charge is 0.347 e. The fourth-order valence-corrected chi connectivity index (χ4v) is 2.27. The number of furan rings is 2. The van der Waals surface area contributed by atoms with Crippen molar-refractivity contribution < 1.29 is 18.7 Å². The molecule has 0 aliphatic heterocycles. The molecule has 0 aliphatic carbocycles. The van der Waals surface area contributed by atoms with Crippen LogP contribution < -0.4 is 22.5 Å². The van der Waals surface area contributed by atoms with Crippen molar-refractivity contribution >= 4 is 33.6 Å². The maximum atomic E-state index is 11.8. The van der Waals surface area contributed by atoms with E-state index in [0.29, 0.717) is 0 Å². The van der Waals surface area contributed by atoms with Crippen LogP contribution in [0.15, 0.2) is 39.7 Å². The summed E-state index contributed by atoms with van der Waals surface area (Å²) in [5.41, 5.74) is -4.34. The molecule has 8 nitrogen and oxygen atoms in total. The Hall–Kier alpha value is -3.29. The van der Waals surface area contributed by atoms with Crippen molar-refractivity contribution in [3.05, 3.63) is 58.9 Å². The van der Waals surface area contributed by atoms with Crippen LogP contribution >= 0.6 is 0 Å². The SMILES string of the molecule is CC(=Cc1c2c(=O)oc(=O)c2cc2c(=O)oc(=O)c12)C(=O)O. The monoisotopic (exact) mass is 302 g/mol. The van der Waals surface area contributed by atoms with Gasteiger partial charge in [0.2, 0.25) is 0 Å². The minimum atomic E-state index is -1.29. The van der Waals surface area contributed by atoms with Crippen molar-refractivity contribution in [3.8, 4) is 0 Å². The van der Waals surface area contributed by atoms with Crippen LogP contribution in [0.2, 0.25) is 0 Å². The van der Waals surface area contributed by atoms with Gasteiger partial charge in [0, 0.05) is 11.1 Å². The van der Waals surface area contributed by atoms with Gasteiger partial charge >= 0.3 is 28.5 Å². The maximum absolute atomic E-state index is 11.8. The standard InChI is InChI=1S/C14H6O8/c1-4(10(15)16)2-5-8-6(11(17)21-13(8)19)3-7-9(5)14(20)22-12(7)18/h2-3H,1H3,(H,15,16). The Labute approximate surface area is 119 Å². The molecule has 0 fully saturated rings. The van der Waals surface area contributed by atoms with Crippen molar-refractivity contribution in [1.82, 2.24) is 0 Å². The molecule has 22 heavy (non-hydrogen) atoms. The van der Waals surface area contributed by atoms with Crippen LogP contribution in [0.5, 0.6) is 0 Å². The number of hydrogen-bond acceptors (Lipinski definition) is 7. The van der Waals surface area contributed by atoms with E-state index in [0.717, 1.165) is 12.1 Å². The predicted molar refractivity (Wildman–Crippen MR) is 74.7 cm³/mol. The fourth-order valence-electron chi connectivity index (χ4n) is 2.27. The van der Waals surface area contributed by atoms with Gasteiger partial charge in [-0.15, -0.1) is 0 Å². The molecule has 0 saturated carbocycles. The summed E-state index contributed by atoms with van der Waals surface area (Å²) in [7, 11) is 0. The van der Waals surface area contributed by atoms with E-state index >= 15 is 0 Å². The van der Waals surface area contributed by atoms with Crippen molar-refractivity contribution in [2.45, 2.75) is 6.92 Å². The first-order valence-electron chi connectivity index (χ1n) is 5.97. The van der Waals surface area contributed by atoms with E-state index in [9.17, 15) is 24.0 Å². The first-order valence-corrected chi connectivity index (χ1v) is 5.97. The van der Waals surface area contributed by atoms with Crippen molar-refractivity contribution in [1.29, 1.82) is 0 Å². The minimum Gasteiger partial charge on any atom is -0.478 e. The van der Waals surface area contributed by atoms with Crippen LogP contribution in [-0.2, 0) is 4.79 Å². The van der Waals surface area contributed by atoms with E-state index in [-0.39, 0.29) is 32.7 Å². The zero-order valence-corrected chi connectivity index (χ0v) is 11.0. The Morgan fingerprint density at radius 3 is 1.82 bits per heavy atom. The second-order valence-corrected chi connectivity index (χ2v) is 4.62. The summed E-state index contributed by atoms with van der Waals surface area (Å²) in [4.78, 5) is 57.8. The first kappa shape index (κ1) is 13.7. The highest BCUT2D eigenvalue weighted by Gasteiger charge is 2.22. The van der Waals surface area contributed by atoms with Gasteiger partial charge in [-0.1, -0.05) is 0 Å². The lowest BCUT2D eigenvalue weighted by atomic mass is 10.0. The molecule has 1 N–H and O–H groups in total. The fraction of sp³-hybridized carbons (Fsp3) is 0.0714. The number of carboxylic acid groups (broad SMARTS) is 1. The summed E-state index contributed by atoms with van der Waals surface area (Å²) < 4.78 is 8.89. The molecule has 3 rings (SSSR count). The average Bonchev–Trinajstić information content (AvgIpc) is 2.88. The van der Waals surface area contributed by atoms with Gasteiger partial charge in [-0.05, 0) is 19.1 Å². The lowest BCUT2D eigenvalue weighted by molar-refractivity contribution is -0.132. The molecular weight excluding hydrogens is 296 g/mol. The highest BCUT2D eigenvalue weighted by molar-refractivity contribution is 6.07. The van der Waals surface area contributed by atoms with Crippen molar-refractivity contribution in [2.24, 2.45) is 0 Å². The van der Waals surface area contributed by atoms with Crippen molar-refractivity contribution in [2.75, 3.05) is 0 Å². The van der Waals surface area contributed by atoms with E-state index in [1.54, 1.807) is 0 Å². The molecule has 0 aliphatic rings. The molecule has 8 heteroatoms. The maximum Gasteiger partial charge on any atom is 0.347 e. The van der Waals surface area contributed by atoms with Crippen LogP contribution in [0.4, 0.5) is 0 Å². The summed E-state index contributed by atoms with van der Waals surface area (Å²) in [6, 6.07) is 1.04. The Balaban J connectivity index is 2.70. The second-order valence-electron chi connectivity index (χ2n) is 4.62. The summed E-state index contributed by atoms with van der Waals surface area (Å²) in [5, 5.41) is 8.02. The molecule has 0 bridgehead atoms. The van der Waals surface area contributed by atoms with E-state index in [4.69, 9.17) is 5.11 Å². The van der Waals surface area contributed by atoms with E-state index in [1.165, 1.54) is 6.92 Å². The number of hydrogen-bond donors (Lipinski definition) is 1. The van der Waals surface area contributed by atoms with Gasteiger partial charge in [0.1, 0.15) is 0 Å². The molecule has 2 heterocycles. The topological polar surface area (TPSA) is 132 Å². The summed E-state index contributed by atoms with van der Waals surface area (Å²) in [6.07, 6.45) is 1.03. The Kier molecular flexibility index (Phi) is 2.71. The van der Waals surface area contributed by atoms with Gasteiger partial charge < -0.3 is 13.9 Å². The minimum absolute atomic E-state index is 0.167. The zero-order chi connectivity index (χ0) is 16.2. The lowest BCUT2D eigenvalue weighted by Gasteiger charge is -1.98. The van der Waals surface area contributed by atoms with Crippen LogP contribution in [0, 0.1) is 0 Å². The number of rotatable bonds is 2. The number of carboxylic acids is 1. The van der Waals surface area contributed by atoms with E-state index in [1.807, 2.05) is 0 Å². The molecule has 0 radical (unpaired) electrons. The third-order valence-corrected chi connectivity index (χ3v) is 3.28. The number of benzene rings is 1. The highest BCUT2D eigenvalue weighted by atomic mass is 16.4. The average molecular weight is 302 g/mol. The van der Waals surface area contributed by atoms with Crippen LogP contribution in [-0.4, -0.2) is 11.1 Å². The molecule has 0 amide bonds. The van der Waals surface area contributed by atoms with Gasteiger partial charge in [0.05, 0.1) is 21.5 Å². The second kappa shape index (κ2) is 4.35. The molecule has 3 aromatic rings. The number of aliphatic carboxylic acids is 1. The Morgan fingerprint density at radius 1 is 0.955 bits per heavy atom. The molecule has 0 unspecified atom stereocenters. The molecule has 0 atom stereocenters. The number of fused-ring (bicyclic) bond motifs is 2. The van der Waals surface area contributed by atoms with E-state index in [2.05, 4.69) is 8.83 Å². The quantitative estimate of drug-likeness (QED) is 0.653. The predicted octanol–water partition coefficient (Wildman–Crippen LogP) is -0.0167. The third kappa shape index (κ3) is 1.74. The third-order valence-electron chi connectivity index (χ3n) is 3.28. The Morgan fingerprint density at radius 2 is 1.41 bits per heavy atom. The summed E-state index contributed by atoms with van der Waals surface area (Å²) in [6.45, 7) is 1.23. The molecular formula is C14H6O8. The van der Waals surface area contributed by atoms with Crippen molar-refractivity contribution in [3.63, 3.8) is 0 Å². The molecule has 0 saturated heterocycles. The lowest BCUT2D eigenvalue weighted by Crippen LogP contribution is -2.02. The molecule has 1 aromatic carbocycles. The normalized spacial score (nSPS) is 12.3. The summed E-state index contributed by atoms with van der Waals surface area (Å²) >= 11 is 0.